The van der Waals surface area contributed by atoms with Crippen LogP contribution in [-0.4, -0.2) is 81.1 Å². The van der Waals surface area contributed by atoms with E-state index in [4.69, 9.17) is 11.5 Å². The van der Waals surface area contributed by atoms with Crippen molar-refractivity contribution in [1.82, 2.24) is 25.9 Å². The maximum Gasteiger partial charge on any atom is 0.326 e. The second kappa shape index (κ2) is 11.4. The number of aliphatic carboxylic acids is 1. The number of carbonyl (C=O) groups is 5. The van der Waals surface area contributed by atoms with Crippen molar-refractivity contribution in [3.63, 3.8) is 0 Å². The number of hydrogen-bond donors (Lipinski definition) is 8. The molecule has 0 radical (unpaired) electrons. The Labute approximate surface area is 164 Å². The number of hydrogen-bond acceptors (Lipinski definition) is 8. The minimum atomic E-state index is -1.53. The van der Waals surface area contributed by atoms with Gasteiger partial charge in [0.05, 0.1) is 25.9 Å². The van der Waals surface area contributed by atoms with E-state index in [1.165, 1.54) is 12.5 Å². The zero-order valence-corrected chi connectivity index (χ0v) is 15.3. The van der Waals surface area contributed by atoms with Gasteiger partial charge in [0.25, 0.3) is 0 Å². The molecule has 3 atom stereocenters. The normalized spacial score (nSPS) is 13.6. The summed E-state index contributed by atoms with van der Waals surface area (Å²) in [6.45, 7) is -1.25. The summed E-state index contributed by atoms with van der Waals surface area (Å²) in [5.74, 6) is -5.03. The summed E-state index contributed by atoms with van der Waals surface area (Å²) in [7, 11) is 0. The van der Waals surface area contributed by atoms with Crippen LogP contribution in [0.25, 0.3) is 0 Å². The molecule has 0 saturated carbocycles. The van der Waals surface area contributed by atoms with Gasteiger partial charge in [0.2, 0.25) is 23.6 Å². The summed E-state index contributed by atoms with van der Waals surface area (Å²) in [6, 6.07) is -4.36. The molecule has 29 heavy (non-hydrogen) atoms. The smallest absolute Gasteiger partial charge is 0.326 e. The summed E-state index contributed by atoms with van der Waals surface area (Å²) >= 11 is 0. The number of amides is 4. The number of primary amides is 1. The average Bonchev–Trinajstić information content (AvgIpc) is 3.17. The highest BCUT2D eigenvalue weighted by molar-refractivity contribution is 5.95. The molecular weight excluding hydrogens is 390 g/mol. The van der Waals surface area contributed by atoms with E-state index in [0.717, 1.165) is 0 Å². The topological polar surface area (TPSA) is 243 Å². The quantitative estimate of drug-likeness (QED) is 0.164. The molecule has 0 spiro atoms. The molecule has 0 aliphatic heterocycles. The maximum atomic E-state index is 12.5. The number of nitrogens with zero attached hydrogens (tertiary/aromatic N) is 1. The predicted octanol–water partition coefficient (Wildman–Crippen LogP) is -4.68. The second-order valence-corrected chi connectivity index (χ2v) is 5.92. The molecule has 0 aromatic carbocycles. The minimum absolute atomic E-state index is 0.135. The lowest BCUT2D eigenvalue weighted by Crippen LogP contribution is -2.58. The molecule has 14 nitrogen and oxygen atoms in total. The van der Waals surface area contributed by atoms with Gasteiger partial charge in [-0.1, -0.05) is 0 Å². The van der Waals surface area contributed by atoms with Crippen LogP contribution in [0.4, 0.5) is 0 Å². The van der Waals surface area contributed by atoms with Crippen molar-refractivity contribution in [3.8, 4) is 0 Å². The van der Waals surface area contributed by atoms with Crippen molar-refractivity contribution in [2.24, 2.45) is 11.5 Å². The molecule has 1 aromatic rings. The molecule has 14 heteroatoms. The number of rotatable bonds is 12. The van der Waals surface area contributed by atoms with Gasteiger partial charge in [-0.15, -0.1) is 0 Å². The van der Waals surface area contributed by atoms with Crippen LogP contribution in [0.2, 0.25) is 0 Å². The summed E-state index contributed by atoms with van der Waals surface area (Å²) in [6.07, 6.45) is 1.93. The zero-order chi connectivity index (χ0) is 22.0. The molecule has 0 aliphatic rings. The maximum absolute atomic E-state index is 12.5. The Morgan fingerprint density at radius 2 is 1.69 bits per heavy atom. The van der Waals surface area contributed by atoms with Crippen LogP contribution in [-0.2, 0) is 30.4 Å². The fourth-order valence-corrected chi connectivity index (χ4v) is 2.22. The van der Waals surface area contributed by atoms with E-state index in [1.54, 1.807) is 0 Å². The third-order valence-electron chi connectivity index (χ3n) is 3.65. The first-order valence-electron chi connectivity index (χ1n) is 8.37. The first-order valence-corrected chi connectivity index (χ1v) is 8.37. The molecule has 0 aliphatic carbocycles. The molecule has 4 amide bonds. The Morgan fingerprint density at radius 3 is 2.17 bits per heavy atom. The fourth-order valence-electron chi connectivity index (χ4n) is 2.22. The van der Waals surface area contributed by atoms with Gasteiger partial charge in [-0.3, -0.25) is 19.2 Å². The van der Waals surface area contributed by atoms with Crippen molar-refractivity contribution in [1.29, 1.82) is 0 Å². The number of carboxylic acids is 1. The Morgan fingerprint density at radius 1 is 1.07 bits per heavy atom. The van der Waals surface area contributed by atoms with Gasteiger partial charge in [-0.2, -0.15) is 0 Å². The number of imidazole rings is 1. The first-order chi connectivity index (χ1) is 13.7. The largest absolute Gasteiger partial charge is 0.480 e. The monoisotopic (exact) mass is 413 g/mol. The highest BCUT2D eigenvalue weighted by Gasteiger charge is 2.30. The van der Waals surface area contributed by atoms with Gasteiger partial charge in [-0.05, 0) is 0 Å². The van der Waals surface area contributed by atoms with Gasteiger partial charge in [0.15, 0.2) is 0 Å². The SMILES string of the molecule is NCC(=O)NC(CO)C(=O)NC(CC(N)=O)C(=O)NC(Cc1cnc[nH]1)C(=O)O. The van der Waals surface area contributed by atoms with Crippen molar-refractivity contribution >= 4 is 29.6 Å². The molecular formula is C15H23N7O7. The molecule has 0 bridgehead atoms. The lowest BCUT2D eigenvalue weighted by Gasteiger charge is -2.23. The third kappa shape index (κ3) is 7.94. The molecule has 1 aromatic heterocycles. The highest BCUT2D eigenvalue weighted by Crippen LogP contribution is 2.01. The standard InChI is InChI=1S/C15H23N7O7/c16-3-12(25)20-10(5-23)14(27)21-8(2-11(17)24)13(26)22-9(15(28)29)1-7-4-18-6-19-7/h4,6,8-10,23H,1-3,5,16H2,(H2,17,24)(H,18,19)(H,20,25)(H,21,27)(H,22,26)(H,28,29). The number of nitrogens with two attached hydrogens (primary N) is 2. The Bertz CT molecular complexity index is 737. The van der Waals surface area contributed by atoms with E-state index < -0.39 is 67.3 Å². The summed E-state index contributed by atoms with van der Waals surface area (Å²) in [5.41, 5.74) is 10.6. The van der Waals surface area contributed by atoms with Crippen molar-refractivity contribution in [3.05, 3.63) is 18.2 Å². The fraction of sp³-hybridized carbons (Fsp3) is 0.467. The van der Waals surface area contributed by atoms with Gasteiger partial charge in [0.1, 0.15) is 18.1 Å². The molecule has 0 saturated heterocycles. The van der Waals surface area contributed by atoms with Crippen LogP contribution in [0.15, 0.2) is 12.5 Å². The van der Waals surface area contributed by atoms with Crippen LogP contribution in [0.1, 0.15) is 12.1 Å². The second-order valence-electron chi connectivity index (χ2n) is 5.92. The Kier molecular flexibility index (Phi) is 9.21. The van der Waals surface area contributed by atoms with Crippen molar-refractivity contribution < 1.29 is 34.2 Å². The Hall–Kier alpha value is -3.52. The minimum Gasteiger partial charge on any atom is -0.480 e. The van der Waals surface area contributed by atoms with E-state index in [2.05, 4.69) is 25.9 Å². The molecule has 160 valence electrons. The predicted molar refractivity (Wildman–Crippen MR) is 95.7 cm³/mol. The van der Waals surface area contributed by atoms with E-state index >= 15 is 0 Å². The van der Waals surface area contributed by atoms with Crippen molar-refractivity contribution in [2.75, 3.05) is 13.2 Å². The van der Waals surface area contributed by atoms with Crippen LogP contribution in [0, 0.1) is 0 Å². The number of H-pyrrole nitrogens is 1. The van der Waals surface area contributed by atoms with Gasteiger partial charge in [-0.25, -0.2) is 9.78 Å². The van der Waals surface area contributed by atoms with Crippen LogP contribution in [0.3, 0.4) is 0 Å². The van der Waals surface area contributed by atoms with Gasteiger partial charge in [0, 0.05) is 18.3 Å². The summed E-state index contributed by atoms with van der Waals surface area (Å²) in [5, 5.41) is 25.0. The average molecular weight is 413 g/mol. The summed E-state index contributed by atoms with van der Waals surface area (Å²) < 4.78 is 0. The first kappa shape index (κ1) is 23.5. The molecule has 3 unspecified atom stereocenters. The zero-order valence-electron chi connectivity index (χ0n) is 15.3. The number of nitrogens with one attached hydrogen (secondary N) is 4. The molecule has 1 rings (SSSR count). The Balaban J connectivity index is 2.87. The summed E-state index contributed by atoms with van der Waals surface area (Å²) in [4.78, 5) is 65.1. The van der Waals surface area contributed by atoms with Crippen LogP contribution >= 0.6 is 0 Å². The number of aromatic nitrogens is 2. The number of aromatic amines is 1. The van der Waals surface area contributed by atoms with Crippen LogP contribution in [0.5, 0.6) is 0 Å². The lowest BCUT2D eigenvalue weighted by atomic mass is 10.1. The lowest BCUT2D eigenvalue weighted by molar-refractivity contribution is -0.142. The van der Waals surface area contributed by atoms with E-state index in [0.29, 0.717) is 5.69 Å². The number of carbonyl (C=O) groups excluding carboxylic acids is 4. The van der Waals surface area contributed by atoms with Gasteiger partial charge < -0.3 is 42.6 Å². The number of aliphatic hydroxyl groups excluding tert-OH is 1. The van der Waals surface area contributed by atoms with E-state index in [1.807, 2.05) is 0 Å². The number of carboxylic acid groups (broad SMARTS) is 1. The molecule has 0 fully saturated rings. The molecule has 1 heterocycles. The third-order valence-corrected chi connectivity index (χ3v) is 3.65. The van der Waals surface area contributed by atoms with E-state index in [9.17, 15) is 34.2 Å². The van der Waals surface area contributed by atoms with Crippen LogP contribution < -0.4 is 27.4 Å². The molecule has 10 N–H and O–H groups in total. The van der Waals surface area contributed by atoms with Gasteiger partial charge >= 0.3 is 5.97 Å². The number of aliphatic hydroxyl groups is 1. The van der Waals surface area contributed by atoms with E-state index in [-0.39, 0.29) is 6.42 Å². The van der Waals surface area contributed by atoms with Crippen molar-refractivity contribution in [2.45, 2.75) is 31.0 Å². The highest BCUT2D eigenvalue weighted by atomic mass is 16.4.